The van der Waals surface area contributed by atoms with Crippen LogP contribution >= 0.6 is 0 Å². The van der Waals surface area contributed by atoms with E-state index in [1.807, 2.05) is 23.1 Å². The molecule has 2 aliphatic heterocycles. The van der Waals surface area contributed by atoms with E-state index in [1.54, 1.807) is 0 Å². The zero-order valence-corrected chi connectivity index (χ0v) is 15.5. The van der Waals surface area contributed by atoms with E-state index in [1.165, 1.54) is 11.4 Å². The number of hydrogen-bond donors (Lipinski definition) is 1. The van der Waals surface area contributed by atoms with Crippen molar-refractivity contribution in [2.45, 2.75) is 33.4 Å². The standard InChI is InChI=1S/C20H25N3O3/c1-13(2)19-16-6-4-14(3)22(16)8-9-23(19)20(24)21-15-5-7-17-18(12-15)26-11-10-25-17/h4-7,12-13,19H,8-11H2,1-3H3,(H,21,24)/t19-/m1/s1. The number of amides is 2. The molecule has 0 saturated heterocycles. The molecule has 2 aliphatic rings. The second kappa shape index (κ2) is 6.59. The number of aromatic nitrogens is 1. The van der Waals surface area contributed by atoms with E-state index in [9.17, 15) is 4.79 Å². The summed E-state index contributed by atoms with van der Waals surface area (Å²) in [5.74, 6) is 1.73. The third kappa shape index (κ3) is 2.89. The Balaban J connectivity index is 1.56. The molecule has 0 spiro atoms. The fraction of sp³-hybridized carbons (Fsp3) is 0.450. The van der Waals surface area contributed by atoms with Crippen molar-refractivity contribution >= 4 is 11.7 Å². The van der Waals surface area contributed by atoms with Gasteiger partial charge in [-0.25, -0.2) is 4.79 Å². The molecule has 0 bridgehead atoms. The van der Waals surface area contributed by atoms with Gasteiger partial charge in [-0.1, -0.05) is 13.8 Å². The Kier molecular flexibility index (Phi) is 4.26. The number of benzene rings is 1. The van der Waals surface area contributed by atoms with Gasteiger partial charge in [-0.15, -0.1) is 0 Å². The maximum absolute atomic E-state index is 13.0. The number of urea groups is 1. The number of carbonyl (C=O) groups excluding carboxylic acids is 1. The highest BCUT2D eigenvalue weighted by Gasteiger charge is 2.33. The molecule has 0 fully saturated rings. The van der Waals surface area contributed by atoms with Crippen molar-refractivity contribution < 1.29 is 14.3 Å². The fourth-order valence-electron chi connectivity index (χ4n) is 3.91. The predicted octanol–water partition coefficient (Wildman–Crippen LogP) is 3.81. The molecule has 3 heterocycles. The van der Waals surface area contributed by atoms with E-state index < -0.39 is 0 Å². The molecule has 6 nitrogen and oxygen atoms in total. The van der Waals surface area contributed by atoms with Gasteiger partial charge in [0, 0.05) is 36.2 Å². The zero-order chi connectivity index (χ0) is 18.3. The van der Waals surface area contributed by atoms with E-state index in [0.717, 1.165) is 18.0 Å². The van der Waals surface area contributed by atoms with Gasteiger partial charge in [-0.2, -0.15) is 0 Å². The Morgan fingerprint density at radius 3 is 2.65 bits per heavy atom. The lowest BCUT2D eigenvalue weighted by atomic mass is 9.97. The van der Waals surface area contributed by atoms with Crippen LogP contribution < -0.4 is 14.8 Å². The normalized spacial score (nSPS) is 18.6. The second-order valence-corrected chi connectivity index (χ2v) is 7.22. The van der Waals surface area contributed by atoms with E-state index >= 15 is 0 Å². The lowest BCUT2D eigenvalue weighted by Gasteiger charge is -2.39. The molecule has 1 N–H and O–H groups in total. The molecule has 26 heavy (non-hydrogen) atoms. The van der Waals surface area contributed by atoms with E-state index in [2.05, 4.69) is 42.8 Å². The van der Waals surface area contributed by atoms with Crippen molar-refractivity contribution in [3.8, 4) is 11.5 Å². The van der Waals surface area contributed by atoms with Gasteiger partial charge >= 0.3 is 6.03 Å². The highest BCUT2D eigenvalue weighted by Crippen LogP contribution is 2.35. The molecule has 0 saturated carbocycles. The molecule has 0 aliphatic carbocycles. The smallest absolute Gasteiger partial charge is 0.322 e. The van der Waals surface area contributed by atoms with Gasteiger partial charge in [0.15, 0.2) is 11.5 Å². The topological polar surface area (TPSA) is 55.7 Å². The van der Waals surface area contributed by atoms with Gasteiger partial charge < -0.3 is 24.3 Å². The monoisotopic (exact) mass is 355 g/mol. The second-order valence-electron chi connectivity index (χ2n) is 7.22. The third-order valence-corrected chi connectivity index (χ3v) is 5.12. The summed E-state index contributed by atoms with van der Waals surface area (Å²) >= 11 is 0. The van der Waals surface area contributed by atoms with Crippen LogP contribution in [0.3, 0.4) is 0 Å². The summed E-state index contributed by atoms with van der Waals surface area (Å²) in [6.07, 6.45) is 0. The predicted molar refractivity (Wildman–Crippen MR) is 99.9 cm³/mol. The Morgan fingerprint density at radius 1 is 1.12 bits per heavy atom. The van der Waals surface area contributed by atoms with Crippen molar-refractivity contribution in [2.24, 2.45) is 5.92 Å². The van der Waals surface area contributed by atoms with Crippen molar-refractivity contribution in [3.63, 3.8) is 0 Å². The van der Waals surface area contributed by atoms with Crippen molar-refractivity contribution in [1.82, 2.24) is 9.47 Å². The quantitative estimate of drug-likeness (QED) is 0.891. The summed E-state index contributed by atoms with van der Waals surface area (Å²) in [6, 6.07) is 9.78. The number of aryl methyl sites for hydroxylation is 1. The van der Waals surface area contributed by atoms with Gasteiger partial charge in [0.2, 0.25) is 0 Å². The Hall–Kier alpha value is -2.63. The maximum atomic E-state index is 13.0. The first kappa shape index (κ1) is 16.8. The van der Waals surface area contributed by atoms with Crippen LogP contribution in [0.25, 0.3) is 0 Å². The van der Waals surface area contributed by atoms with Crippen LogP contribution in [-0.2, 0) is 6.54 Å². The van der Waals surface area contributed by atoms with Crippen LogP contribution in [0.4, 0.5) is 10.5 Å². The number of anilines is 1. The number of carbonyl (C=O) groups is 1. The highest BCUT2D eigenvalue weighted by atomic mass is 16.6. The van der Waals surface area contributed by atoms with Crippen LogP contribution in [0.15, 0.2) is 30.3 Å². The molecular weight excluding hydrogens is 330 g/mol. The molecule has 1 aromatic carbocycles. The Labute approximate surface area is 153 Å². The van der Waals surface area contributed by atoms with E-state index in [4.69, 9.17) is 9.47 Å². The molecule has 2 aromatic rings. The number of fused-ring (bicyclic) bond motifs is 2. The first-order valence-corrected chi connectivity index (χ1v) is 9.18. The SMILES string of the molecule is Cc1ccc2n1CCN(C(=O)Nc1ccc3c(c1)OCCO3)[C@@H]2C(C)C. The number of hydrogen-bond acceptors (Lipinski definition) is 3. The van der Waals surface area contributed by atoms with Crippen LogP contribution in [0, 0.1) is 12.8 Å². The lowest BCUT2D eigenvalue weighted by Crippen LogP contribution is -2.46. The summed E-state index contributed by atoms with van der Waals surface area (Å²) in [4.78, 5) is 14.9. The first-order valence-electron chi connectivity index (χ1n) is 9.18. The van der Waals surface area contributed by atoms with Gasteiger partial charge in [-0.3, -0.25) is 0 Å². The molecule has 0 radical (unpaired) electrons. The van der Waals surface area contributed by atoms with Gasteiger partial charge in [0.1, 0.15) is 13.2 Å². The summed E-state index contributed by atoms with van der Waals surface area (Å²) in [7, 11) is 0. The van der Waals surface area contributed by atoms with E-state index in [-0.39, 0.29) is 12.1 Å². The Morgan fingerprint density at radius 2 is 1.88 bits per heavy atom. The van der Waals surface area contributed by atoms with Crippen molar-refractivity contribution in [2.75, 3.05) is 25.1 Å². The minimum atomic E-state index is -0.0783. The van der Waals surface area contributed by atoms with Crippen LogP contribution in [-0.4, -0.2) is 35.3 Å². The zero-order valence-electron chi connectivity index (χ0n) is 15.5. The molecule has 138 valence electrons. The number of nitrogens with one attached hydrogen (secondary N) is 1. The summed E-state index contributed by atoms with van der Waals surface area (Å²) in [5, 5.41) is 3.03. The average molecular weight is 355 g/mol. The Bertz CT molecular complexity index is 828. The van der Waals surface area contributed by atoms with Gasteiger partial charge in [0.25, 0.3) is 0 Å². The third-order valence-electron chi connectivity index (χ3n) is 5.12. The maximum Gasteiger partial charge on any atom is 0.322 e. The average Bonchev–Trinajstić information content (AvgIpc) is 3.01. The largest absolute Gasteiger partial charge is 0.486 e. The number of nitrogens with zero attached hydrogens (tertiary/aromatic N) is 2. The minimum absolute atomic E-state index is 0.0645. The summed E-state index contributed by atoms with van der Waals surface area (Å²) < 4.78 is 13.5. The molecular formula is C20H25N3O3. The molecule has 4 rings (SSSR count). The summed E-state index contributed by atoms with van der Waals surface area (Å²) in [6.45, 7) is 9.05. The first-order chi connectivity index (χ1) is 12.5. The molecule has 1 atom stereocenters. The molecule has 0 unspecified atom stereocenters. The minimum Gasteiger partial charge on any atom is -0.486 e. The van der Waals surface area contributed by atoms with Gasteiger partial charge in [-0.05, 0) is 37.1 Å². The van der Waals surface area contributed by atoms with Crippen LogP contribution in [0.5, 0.6) is 11.5 Å². The van der Waals surface area contributed by atoms with Gasteiger partial charge in [0.05, 0.1) is 6.04 Å². The molecule has 6 heteroatoms. The van der Waals surface area contributed by atoms with Crippen molar-refractivity contribution in [1.29, 1.82) is 0 Å². The molecule has 2 amide bonds. The molecule has 1 aromatic heterocycles. The van der Waals surface area contributed by atoms with Crippen LogP contribution in [0.1, 0.15) is 31.3 Å². The fourth-order valence-corrected chi connectivity index (χ4v) is 3.91. The summed E-state index contributed by atoms with van der Waals surface area (Å²) in [5.41, 5.74) is 3.18. The van der Waals surface area contributed by atoms with E-state index in [0.29, 0.717) is 31.4 Å². The number of rotatable bonds is 2. The highest BCUT2D eigenvalue weighted by molar-refractivity contribution is 5.90. The number of ether oxygens (including phenoxy) is 2. The van der Waals surface area contributed by atoms with Crippen LogP contribution in [0.2, 0.25) is 0 Å². The lowest BCUT2D eigenvalue weighted by molar-refractivity contribution is 0.143. The van der Waals surface area contributed by atoms with Crippen molar-refractivity contribution in [3.05, 3.63) is 41.7 Å².